The molecule has 0 radical (unpaired) electrons. The van der Waals surface area contributed by atoms with Crippen molar-refractivity contribution in [2.75, 3.05) is 10.2 Å². The second-order valence-electron chi connectivity index (χ2n) is 7.26. The van der Waals surface area contributed by atoms with Gasteiger partial charge in [0.05, 0.1) is 16.8 Å². The summed E-state index contributed by atoms with van der Waals surface area (Å²) in [5, 5.41) is 2.86. The van der Waals surface area contributed by atoms with Crippen molar-refractivity contribution in [1.29, 1.82) is 0 Å². The average Bonchev–Trinajstić information content (AvgIpc) is 3.03. The fourth-order valence-corrected chi connectivity index (χ4v) is 5.85. The second kappa shape index (κ2) is 8.85. The lowest BCUT2D eigenvalue weighted by atomic mass is 10.1. The van der Waals surface area contributed by atoms with Crippen molar-refractivity contribution in [3.05, 3.63) is 88.2 Å². The van der Waals surface area contributed by atoms with Crippen LogP contribution in [-0.4, -0.2) is 17.7 Å². The first-order chi connectivity index (χ1) is 15.1. The zero-order valence-electron chi connectivity index (χ0n) is 16.7. The Morgan fingerprint density at radius 3 is 1.94 bits per heavy atom. The molecular weight excluding hydrogens is 672 g/mol. The first-order valence-electron chi connectivity index (χ1n) is 9.35. The summed E-state index contributed by atoms with van der Waals surface area (Å²) in [6, 6.07) is 12.1. The molecule has 0 fully saturated rings. The summed E-state index contributed by atoms with van der Waals surface area (Å²) in [6.45, 7) is 3.97. The molecule has 0 spiro atoms. The van der Waals surface area contributed by atoms with Gasteiger partial charge in [-0.3, -0.25) is 14.4 Å². The van der Waals surface area contributed by atoms with Crippen molar-refractivity contribution in [3.8, 4) is 0 Å². The van der Waals surface area contributed by atoms with Gasteiger partial charge < -0.3 is 5.32 Å². The number of carbonyl (C=O) groups excluding carboxylic acids is 3. The van der Waals surface area contributed by atoms with Gasteiger partial charge in [0, 0.05) is 29.1 Å². The molecule has 3 aromatic rings. The summed E-state index contributed by atoms with van der Waals surface area (Å²) in [7, 11) is 0. The first-order valence-corrected chi connectivity index (χ1v) is 12.5. The molecule has 0 aliphatic carbocycles. The van der Waals surface area contributed by atoms with E-state index in [9.17, 15) is 14.4 Å². The number of nitrogens with zero attached hydrogens (tertiary/aromatic N) is 1. The number of fused-ring (bicyclic) bond motifs is 1. The Kier molecular flexibility index (Phi) is 6.46. The lowest BCUT2D eigenvalue weighted by molar-refractivity contribution is 0.0923. The number of imide groups is 1. The van der Waals surface area contributed by atoms with Crippen molar-refractivity contribution in [3.63, 3.8) is 0 Å². The highest BCUT2D eigenvalue weighted by atomic mass is 79.9. The van der Waals surface area contributed by atoms with E-state index >= 15 is 0 Å². The van der Waals surface area contributed by atoms with Crippen LogP contribution in [0.4, 0.5) is 11.4 Å². The smallest absolute Gasteiger partial charge is 0.267 e. The van der Waals surface area contributed by atoms with Crippen molar-refractivity contribution in [2.24, 2.45) is 0 Å². The predicted octanol–water partition coefficient (Wildman–Crippen LogP) is 7.41. The highest BCUT2D eigenvalue weighted by Crippen LogP contribution is 2.46. The van der Waals surface area contributed by atoms with E-state index in [1.807, 2.05) is 32.0 Å². The lowest BCUT2D eigenvalue weighted by Crippen LogP contribution is -2.29. The summed E-state index contributed by atoms with van der Waals surface area (Å²) in [5.74, 6) is -1.28. The van der Waals surface area contributed by atoms with Gasteiger partial charge in [0.1, 0.15) is 0 Å². The minimum absolute atomic E-state index is 0.252. The van der Waals surface area contributed by atoms with Crippen LogP contribution in [0.3, 0.4) is 0 Å². The Balaban J connectivity index is 1.69. The minimum atomic E-state index is -0.475. The number of hydrogen-bond acceptors (Lipinski definition) is 3. The number of amides is 3. The van der Waals surface area contributed by atoms with Gasteiger partial charge in [-0.25, -0.2) is 4.90 Å². The molecule has 1 heterocycles. The van der Waals surface area contributed by atoms with Gasteiger partial charge in [0.2, 0.25) is 0 Å². The number of rotatable bonds is 3. The summed E-state index contributed by atoms with van der Waals surface area (Å²) < 4.78 is 2.19. The van der Waals surface area contributed by atoms with E-state index in [4.69, 9.17) is 0 Å². The van der Waals surface area contributed by atoms with Crippen LogP contribution >= 0.6 is 63.7 Å². The van der Waals surface area contributed by atoms with Gasteiger partial charge in [-0.2, -0.15) is 0 Å². The Bertz CT molecular complexity index is 1290. The van der Waals surface area contributed by atoms with Crippen LogP contribution < -0.4 is 10.2 Å². The van der Waals surface area contributed by atoms with E-state index in [1.165, 1.54) is 6.07 Å². The number of aryl methyl sites for hydroxylation is 2. The molecule has 1 N–H and O–H groups in total. The van der Waals surface area contributed by atoms with E-state index in [0.717, 1.165) is 16.0 Å². The number of carbonyl (C=O) groups is 3. The maximum atomic E-state index is 13.2. The molecule has 32 heavy (non-hydrogen) atoms. The molecular formula is C23H14Br4N2O3. The van der Waals surface area contributed by atoms with Crippen LogP contribution in [0.15, 0.2) is 60.4 Å². The topological polar surface area (TPSA) is 66.5 Å². The number of hydrogen-bond donors (Lipinski definition) is 1. The average molecular weight is 686 g/mol. The molecule has 0 aromatic heterocycles. The molecule has 0 saturated heterocycles. The number of nitrogens with one attached hydrogen (secondary N) is 1. The number of benzene rings is 3. The summed E-state index contributed by atoms with van der Waals surface area (Å²) in [4.78, 5) is 40.3. The van der Waals surface area contributed by atoms with Crippen LogP contribution in [0, 0.1) is 13.8 Å². The van der Waals surface area contributed by atoms with Gasteiger partial charge in [0.25, 0.3) is 17.7 Å². The lowest BCUT2D eigenvalue weighted by Gasteiger charge is -2.15. The van der Waals surface area contributed by atoms with Crippen LogP contribution in [0.5, 0.6) is 0 Å². The Morgan fingerprint density at radius 1 is 0.781 bits per heavy atom. The third kappa shape index (κ3) is 3.89. The van der Waals surface area contributed by atoms with Gasteiger partial charge >= 0.3 is 0 Å². The number of halogens is 4. The van der Waals surface area contributed by atoms with Crippen LogP contribution in [0.25, 0.3) is 0 Å². The quantitative estimate of drug-likeness (QED) is 0.178. The summed E-state index contributed by atoms with van der Waals surface area (Å²) >= 11 is 13.7. The van der Waals surface area contributed by atoms with Crippen LogP contribution in [0.1, 0.15) is 42.2 Å². The fourth-order valence-electron chi connectivity index (χ4n) is 3.39. The minimum Gasteiger partial charge on any atom is -0.322 e. The first kappa shape index (κ1) is 23.4. The molecule has 3 aromatic carbocycles. The highest BCUT2D eigenvalue weighted by molar-refractivity contribution is 9.15. The normalized spacial score (nSPS) is 12.9. The predicted molar refractivity (Wildman–Crippen MR) is 139 cm³/mol. The van der Waals surface area contributed by atoms with E-state index in [0.29, 0.717) is 34.8 Å². The molecule has 0 saturated carbocycles. The van der Waals surface area contributed by atoms with Crippen molar-refractivity contribution < 1.29 is 14.4 Å². The third-order valence-electron chi connectivity index (χ3n) is 5.23. The van der Waals surface area contributed by atoms with Crippen LogP contribution in [-0.2, 0) is 0 Å². The molecule has 1 aliphatic rings. The SMILES string of the molecule is Cc1ccc(NC(=O)c2cccc(N3C(=O)c4c(Br)c(Br)c(Br)c(Br)c4C3=O)c2)cc1C. The molecule has 3 amide bonds. The van der Waals surface area contributed by atoms with E-state index in [-0.39, 0.29) is 17.0 Å². The number of anilines is 2. The largest absolute Gasteiger partial charge is 0.322 e. The van der Waals surface area contributed by atoms with Crippen molar-refractivity contribution in [2.45, 2.75) is 13.8 Å². The zero-order valence-corrected chi connectivity index (χ0v) is 23.1. The van der Waals surface area contributed by atoms with Crippen molar-refractivity contribution in [1.82, 2.24) is 0 Å². The molecule has 1 aliphatic heterocycles. The highest BCUT2D eigenvalue weighted by Gasteiger charge is 2.42. The van der Waals surface area contributed by atoms with Crippen molar-refractivity contribution >= 4 is 92.8 Å². The maximum Gasteiger partial charge on any atom is 0.267 e. The summed E-state index contributed by atoms with van der Waals surface area (Å²) in [5.41, 5.74) is 4.02. The van der Waals surface area contributed by atoms with E-state index < -0.39 is 11.8 Å². The molecule has 4 rings (SSSR count). The fraction of sp³-hybridized carbons (Fsp3) is 0.0870. The van der Waals surface area contributed by atoms with E-state index in [1.54, 1.807) is 18.2 Å². The summed E-state index contributed by atoms with van der Waals surface area (Å²) in [6.07, 6.45) is 0. The molecule has 0 atom stereocenters. The maximum absolute atomic E-state index is 13.2. The molecule has 162 valence electrons. The monoisotopic (exact) mass is 682 g/mol. The Morgan fingerprint density at radius 2 is 1.38 bits per heavy atom. The van der Waals surface area contributed by atoms with Crippen LogP contribution in [0.2, 0.25) is 0 Å². The van der Waals surface area contributed by atoms with Gasteiger partial charge in [-0.15, -0.1) is 0 Å². The third-order valence-corrected chi connectivity index (χ3v) is 10.0. The van der Waals surface area contributed by atoms with Gasteiger partial charge in [0.15, 0.2) is 0 Å². The molecule has 5 nitrogen and oxygen atoms in total. The Hall–Kier alpha value is -1.81. The van der Waals surface area contributed by atoms with Gasteiger partial charge in [-0.05, 0) is 119 Å². The molecule has 0 unspecified atom stereocenters. The Labute approximate surface area is 218 Å². The molecule has 0 bridgehead atoms. The second-order valence-corrected chi connectivity index (χ2v) is 10.4. The zero-order chi connectivity index (χ0) is 23.3. The van der Waals surface area contributed by atoms with Gasteiger partial charge in [-0.1, -0.05) is 12.1 Å². The van der Waals surface area contributed by atoms with E-state index in [2.05, 4.69) is 69.0 Å². The standard InChI is InChI=1S/C23H14Br4N2O3/c1-10-6-7-13(8-11(10)2)28-21(30)12-4-3-5-14(9-12)29-22(31)15-16(23(29)32)18(25)20(27)19(26)17(15)24/h3-9H,1-2H3,(H,28,30). The molecule has 9 heteroatoms.